The molecule has 0 saturated heterocycles. The third-order valence-corrected chi connectivity index (χ3v) is 2.37. The van der Waals surface area contributed by atoms with Crippen molar-refractivity contribution in [3.05, 3.63) is 28.3 Å². The quantitative estimate of drug-likeness (QED) is 0.636. The van der Waals surface area contributed by atoms with Gasteiger partial charge in [0.05, 0.1) is 12.0 Å². The maximum atomic E-state index is 11.5. The summed E-state index contributed by atoms with van der Waals surface area (Å²) < 4.78 is 9.69. The maximum Gasteiger partial charge on any atom is 0.312 e. The van der Waals surface area contributed by atoms with Gasteiger partial charge in [-0.1, -0.05) is 0 Å². The van der Waals surface area contributed by atoms with Crippen LogP contribution in [0.2, 0.25) is 0 Å². The second kappa shape index (κ2) is 5.97. The SMILES string of the molecule is COc1ccc(NC(=O)C(C)OC)cc1[N+](=O)[O-]. The van der Waals surface area contributed by atoms with E-state index in [4.69, 9.17) is 9.47 Å². The number of ether oxygens (including phenoxy) is 2. The number of nitro groups is 1. The van der Waals surface area contributed by atoms with E-state index >= 15 is 0 Å². The lowest BCUT2D eigenvalue weighted by atomic mass is 10.2. The highest BCUT2D eigenvalue weighted by Gasteiger charge is 2.17. The van der Waals surface area contributed by atoms with E-state index in [1.54, 1.807) is 6.92 Å². The minimum atomic E-state index is -0.633. The molecule has 0 spiro atoms. The molecule has 0 fully saturated rings. The predicted molar refractivity (Wildman–Crippen MR) is 64.7 cm³/mol. The summed E-state index contributed by atoms with van der Waals surface area (Å²) in [5.74, 6) is -0.241. The van der Waals surface area contributed by atoms with Crippen molar-refractivity contribution in [3.63, 3.8) is 0 Å². The molecule has 1 aromatic carbocycles. The lowest BCUT2D eigenvalue weighted by molar-refractivity contribution is -0.385. The number of methoxy groups -OCH3 is 2. The average molecular weight is 254 g/mol. The van der Waals surface area contributed by atoms with Crippen LogP contribution in [0, 0.1) is 10.1 Å². The van der Waals surface area contributed by atoms with E-state index in [2.05, 4.69) is 5.32 Å². The van der Waals surface area contributed by atoms with E-state index < -0.39 is 11.0 Å². The third kappa shape index (κ3) is 3.17. The molecule has 1 amide bonds. The monoisotopic (exact) mass is 254 g/mol. The van der Waals surface area contributed by atoms with Crippen LogP contribution in [0.4, 0.5) is 11.4 Å². The number of benzene rings is 1. The number of hydrogen-bond acceptors (Lipinski definition) is 5. The van der Waals surface area contributed by atoms with Gasteiger partial charge in [-0.2, -0.15) is 0 Å². The molecule has 0 saturated carbocycles. The molecule has 1 aromatic rings. The summed E-state index contributed by atoms with van der Waals surface area (Å²) in [6.45, 7) is 1.58. The molecule has 7 nitrogen and oxygen atoms in total. The molecule has 0 aliphatic rings. The van der Waals surface area contributed by atoms with Crippen LogP contribution in [0.3, 0.4) is 0 Å². The van der Waals surface area contributed by atoms with Crippen LogP contribution in [0.25, 0.3) is 0 Å². The highest BCUT2D eigenvalue weighted by molar-refractivity contribution is 5.94. The molecule has 7 heteroatoms. The Morgan fingerprint density at radius 2 is 2.11 bits per heavy atom. The van der Waals surface area contributed by atoms with Crippen molar-refractivity contribution in [1.29, 1.82) is 0 Å². The van der Waals surface area contributed by atoms with Crippen LogP contribution in [-0.4, -0.2) is 31.2 Å². The predicted octanol–water partition coefficient (Wildman–Crippen LogP) is 1.58. The summed E-state index contributed by atoms with van der Waals surface area (Å²) in [5.41, 5.74) is 0.108. The molecule has 98 valence electrons. The van der Waals surface area contributed by atoms with Crippen molar-refractivity contribution in [2.75, 3.05) is 19.5 Å². The molecule has 0 heterocycles. The standard InChI is InChI=1S/C11H14N2O5/c1-7(17-2)11(14)12-8-4-5-10(18-3)9(6-8)13(15)16/h4-7H,1-3H3,(H,12,14). The van der Waals surface area contributed by atoms with Crippen LogP contribution >= 0.6 is 0 Å². The van der Waals surface area contributed by atoms with Crippen molar-refractivity contribution in [3.8, 4) is 5.75 Å². The normalized spacial score (nSPS) is 11.7. The minimum absolute atomic E-state index is 0.137. The number of nitro benzene ring substituents is 1. The Morgan fingerprint density at radius 1 is 1.44 bits per heavy atom. The summed E-state index contributed by atoms with van der Waals surface area (Å²) in [6, 6.07) is 4.18. The number of hydrogen-bond donors (Lipinski definition) is 1. The van der Waals surface area contributed by atoms with E-state index in [0.717, 1.165) is 0 Å². The summed E-state index contributed by atoms with van der Waals surface area (Å²) in [7, 11) is 2.74. The van der Waals surface area contributed by atoms with Crippen LogP contribution in [-0.2, 0) is 9.53 Å². The summed E-state index contributed by atoms with van der Waals surface area (Å²) in [5, 5.41) is 13.3. The Balaban J connectivity index is 2.95. The number of carbonyl (C=O) groups excluding carboxylic acids is 1. The summed E-state index contributed by atoms with van der Waals surface area (Å²) in [6.07, 6.45) is -0.633. The fraction of sp³-hybridized carbons (Fsp3) is 0.364. The first-order valence-corrected chi connectivity index (χ1v) is 5.15. The molecular formula is C11H14N2O5. The molecule has 1 atom stereocenters. The van der Waals surface area contributed by atoms with Gasteiger partial charge in [-0.3, -0.25) is 14.9 Å². The van der Waals surface area contributed by atoms with Crippen LogP contribution in [0.5, 0.6) is 5.75 Å². The molecule has 1 rings (SSSR count). The smallest absolute Gasteiger partial charge is 0.312 e. The first-order valence-electron chi connectivity index (χ1n) is 5.15. The van der Waals surface area contributed by atoms with Crippen LogP contribution in [0.1, 0.15) is 6.92 Å². The minimum Gasteiger partial charge on any atom is -0.490 e. The Kier molecular flexibility index (Phi) is 4.61. The number of rotatable bonds is 5. The molecule has 1 N–H and O–H groups in total. The number of nitrogens with zero attached hydrogens (tertiary/aromatic N) is 1. The first kappa shape index (κ1) is 13.9. The second-order valence-corrected chi connectivity index (χ2v) is 3.51. The Hall–Kier alpha value is -2.15. The van der Waals surface area contributed by atoms with Crippen LogP contribution in [0.15, 0.2) is 18.2 Å². The lowest BCUT2D eigenvalue weighted by Crippen LogP contribution is -2.26. The Morgan fingerprint density at radius 3 is 2.61 bits per heavy atom. The van der Waals surface area contributed by atoms with Crippen LogP contribution < -0.4 is 10.1 Å². The molecule has 18 heavy (non-hydrogen) atoms. The molecule has 0 radical (unpaired) electrons. The Labute approximate surface area is 104 Å². The van der Waals surface area contributed by atoms with Crippen molar-refractivity contribution in [2.24, 2.45) is 0 Å². The van der Waals surface area contributed by atoms with Crippen molar-refractivity contribution in [2.45, 2.75) is 13.0 Å². The zero-order valence-electron chi connectivity index (χ0n) is 10.3. The Bertz CT molecular complexity index is 461. The van der Waals surface area contributed by atoms with Gasteiger partial charge in [0.25, 0.3) is 5.91 Å². The average Bonchev–Trinajstić information content (AvgIpc) is 2.37. The van der Waals surface area contributed by atoms with Gasteiger partial charge >= 0.3 is 5.69 Å². The largest absolute Gasteiger partial charge is 0.490 e. The topological polar surface area (TPSA) is 90.7 Å². The van der Waals surface area contributed by atoms with E-state index in [-0.39, 0.29) is 17.3 Å². The first-order chi connectivity index (χ1) is 8.49. The molecular weight excluding hydrogens is 240 g/mol. The molecule has 1 unspecified atom stereocenters. The van der Waals surface area contributed by atoms with Crippen molar-refractivity contribution >= 4 is 17.3 Å². The highest BCUT2D eigenvalue weighted by Crippen LogP contribution is 2.29. The van der Waals surface area contributed by atoms with Gasteiger partial charge in [-0.15, -0.1) is 0 Å². The van der Waals surface area contributed by atoms with E-state index in [0.29, 0.717) is 5.69 Å². The second-order valence-electron chi connectivity index (χ2n) is 3.51. The van der Waals surface area contributed by atoms with E-state index in [1.807, 2.05) is 0 Å². The van der Waals surface area contributed by atoms with Gasteiger partial charge in [0, 0.05) is 18.9 Å². The summed E-state index contributed by atoms with van der Waals surface area (Å²) >= 11 is 0. The highest BCUT2D eigenvalue weighted by atomic mass is 16.6. The van der Waals surface area contributed by atoms with Gasteiger partial charge in [-0.25, -0.2) is 0 Å². The van der Waals surface area contributed by atoms with Crippen molar-refractivity contribution in [1.82, 2.24) is 0 Å². The molecule has 0 aliphatic carbocycles. The zero-order chi connectivity index (χ0) is 13.7. The molecule has 0 bridgehead atoms. The lowest BCUT2D eigenvalue weighted by Gasteiger charge is -2.10. The van der Waals surface area contributed by atoms with Gasteiger partial charge in [0.1, 0.15) is 6.10 Å². The number of nitrogens with one attached hydrogen (secondary N) is 1. The fourth-order valence-corrected chi connectivity index (χ4v) is 1.26. The van der Waals surface area contributed by atoms with Gasteiger partial charge in [0.15, 0.2) is 5.75 Å². The van der Waals surface area contributed by atoms with Crippen molar-refractivity contribution < 1.29 is 19.2 Å². The number of amides is 1. The van der Waals surface area contributed by atoms with Gasteiger partial charge in [0.2, 0.25) is 0 Å². The summed E-state index contributed by atoms with van der Waals surface area (Å²) in [4.78, 5) is 21.8. The van der Waals surface area contributed by atoms with Gasteiger partial charge < -0.3 is 14.8 Å². The fourth-order valence-electron chi connectivity index (χ4n) is 1.26. The van der Waals surface area contributed by atoms with Gasteiger partial charge in [-0.05, 0) is 19.1 Å². The third-order valence-electron chi connectivity index (χ3n) is 2.37. The zero-order valence-corrected chi connectivity index (χ0v) is 10.3. The maximum absolute atomic E-state index is 11.5. The number of carbonyl (C=O) groups is 1. The molecule has 0 aromatic heterocycles. The number of anilines is 1. The molecule has 0 aliphatic heterocycles. The van der Waals surface area contributed by atoms with E-state index in [1.165, 1.54) is 32.4 Å². The van der Waals surface area contributed by atoms with E-state index in [9.17, 15) is 14.9 Å².